The average molecular weight is 504 g/mol. The molecular weight excluding hydrogens is 482 g/mol. The first kappa shape index (κ1) is 22.8. The van der Waals surface area contributed by atoms with E-state index in [0.29, 0.717) is 22.3 Å². The third-order valence-electron chi connectivity index (χ3n) is 5.21. The van der Waals surface area contributed by atoms with Crippen molar-refractivity contribution in [2.45, 2.75) is 4.90 Å². The van der Waals surface area contributed by atoms with Gasteiger partial charge in [0.25, 0.3) is 0 Å². The predicted octanol–water partition coefficient (Wildman–Crippen LogP) is 5.58. The highest BCUT2D eigenvalue weighted by atomic mass is 32.2. The average Bonchev–Trinajstić information content (AvgIpc) is 3.26. The van der Waals surface area contributed by atoms with Gasteiger partial charge in [-0.25, -0.2) is 23.5 Å². The van der Waals surface area contributed by atoms with Gasteiger partial charge >= 0.3 is 0 Å². The van der Waals surface area contributed by atoms with Crippen LogP contribution < -0.4 is 20.5 Å². The Bertz CT molecular complexity index is 1630. The van der Waals surface area contributed by atoms with Crippen LogP contribution in [0.3, 0.4) is 0 Å². The molecule has 0 radical (unpaired) electrons. The Morgan fingerprint density at radius 3 is 2.57 bits per heavy atom. The van der Waals surface area contributed by atoms with Gasteiger partial charge in [-0.3, -0.25) is 0 Å². The number of rotatable bonds is 7. The molecule has 176 valence electrons. The normalized spacial score (nSPS) is 11.4. The SMILES string of the molecule is CNc1nc(-c2ccc3ccccc3c2)c(Oc2ccnc(Nc3cccc(S(N)(=O)=O)c3)c2)s1. The van der Waals surface area contributed by atoms with Gasteiger partial charge in [-0.05, 0) is 41.1 Å². The highest BCUT2D eigenvalue weighted by Crippen LogP contribution is 2.41. The van der Waals surface area contributed by atoms with E-state index in [9.17, 15) is 8.42 Å². The number of hydrogen-bond donors (Lipinski definition) is 3. The smallest absolute Gasteiger partial charge is 0.238 e. The fourth-order valence-electron chi connectivity index (χ4n) is 3.55. The molecule has 0 fully saturated rings. The number of anilines is 3. The molecule has 0 saturated heterocycles. The zero-order valence-corrected chi connectivity index (χ0v) is 20.2. The quantitative estimate of drug-likeness (QED) is 0.265. The standard InChI is InChI=1S/C25H21N5O3S2/c1-27-25-30-23(18-10-9-16-5-2-3-6-17(16)13-18)24(34-25)33-20-11-12-28-22(15-20)29-19-7-4-8-21(14-19)35(26,31)32/h2-15H,1H3,(H,27,30)(H,28,29)(H2,26,31,32). The Morgan fingerprint density at radius 2 is 1.77 bits per heavy atom. The maximum Gasteiger partial charge on any atom is 0.238 e. The molecule has 3 aromatic carbocycles. The van der Waals surface area contributed by atoms with Crippen molar-refractivity contribution in [3.05, 3.63) is 85.1 Å². The molecule has 5 rings (SSSR count). The number of fused-ring (bicyclic) bond motifs is 1. The number of benzene rings is 3. The summed E-state index contributed by atoms with van der Waals surface area (Å²) < 4.78 is 29.5. The van der Waals surface area contributed by atoms with E-state index in [4.69, 9.17) is 14.9 Å². The highest BCUT2D eigenvalue weighted by molar-refractivity contribution is 7.89. The van der Waals surface area contributed by atoms with Crippen molar-refractivity contribution in [3.63, 3.8) is 0 Å². The van der Waals surface area contributed by atoms with Crippen LogP contribution in [0.5, 0.6) is 10.8 Å². The number of primary sulfonamides is 1. The van der Waals surface area contributed by atoms with Crippen LogP contribution in [-0.4, -0.2) is 25.4 Å². The lowest BCUT2D eigenvalue weighted by Crippen LogP contribution is -2.12. The summed E-state index contributed by atoms with van der Waals surface area (Å²) in [6.07, 6.45) is 1.61. The monoisotopic (exact) mass is 503 g/mol. The first-order chi connectivity index (χ1) is 16.9. The van der Waals surface area contributed by atoms with Crippen molar-refractivity contribution in [2.24, 2.45) is 5.14 Å². The van der Waals surface area contributed by atoms with Crippen LogP contribution in [0.4, 0.5) is 16.6 Å². The molecule has 0 aliphatic rings. The molecule has 0 unspecified atom stereocenters. The third kappa shape index (κ3) is 5.09. The Labute approximate surface area is 206 Å². The van der Waals surface area contributed by atoms with Crippen LogP contribution in [0.1, 0.15) is 0 Å². The molecule has 35 heavy (non-hydrogen) atoms. The number of pyridine rings is 1. The van der Waals surface area contributed by atoms with Crippen molar-refractivity contribution in [2.75, 3.05) is 17.7 Å². The second kappa shape index (κ2) is 9.34. The van der Waals surface area contributed by atoms with Gasteiger partial charge in [-0.1, -0.05) is 53.8 Å². The first-order valence-electron chi connectivity index (χ1n) is 10.6. The molecule has 0 aliphatic carbocycles. The fourth-order valence-corrected chi connectivity index (χ4v) is 4.92. The summed E-state index contributed by atoms with van der Waals surface area (Å²) in [5.74, 6) is 1.04. The van der Waals surface area contributed by atoms with Gasteiger partial charge in [0.15, 0.2) is 5.13 Å². The Hall–Kier alpha value is -3.99. The van der Waals surface area contributed by atoms with Gasteiger partial charge in [-0.2, -0.15) is 0 Å². The molecule has 0 bridgehead atoms. The van der Waals surface area contributed by atoms with Crippen molar-refractivity contribution in [1.29, 1.82) is 0 Å². The molecule has 0 aliphatic heterocycles. The predicted molar refractivity (Wildman–Crippen MR) is 140 cm³/mol. The molecular formula is C25H21N5O3S2. The van der Waals surface area contributed by atoms with Crippen molar-refractivity contribution in [1.82, 2.24) is 9.97 Å². The fraction of sp³-hybridized carbons (Fsp3) is 0.0400. The number of ether oxygens (including phenoxy) is 1. The number of sulfonamides is 1. The number of aromatic nitrogens is 2. The molecule has 0 saturated carbocycles. The summed E-state index contributed by atoms with van der Waals surface area (Å²) in [4.78, 5) is 9.03. The van der Waals surface area contributed by atoms with E-state index in [1.165, 1.54) is 23.5 Å². The van der Waals surface area contributed by atoms with Gasteiger partial charge in [-0.15, -0.1) is 0 Å². The summed E-state index contributed by atoms with van der Waals surface area (Å²) in [6, 6.07) is 24.0. The minimum absolute atomic E-state index is 0.0131. The molecule has 0 atom stereocenters. The van der Waals surface area contributed by atoms with Crippen molar-refractivity contribution in [3.8, 4) is 22.1 Å². The van der Waals surface area contributed by atoms with Crippen molar-refractivity contribution >= 4 is 48.8 Å². The Balaban J connectivity index is 1.44. The lowest BCUT2D eigenvalue weighted by Gasteiger charge is -2.10. The largest absolute Gasteiger partial charge is 0.444 e. The minimum Gasteiger partial charge on any atom is -0.444 e. The van der Waals surface area contributed by atoms with E-state index in [1.54, 1.807) is 30.5 Å². The van der Waals surface area contributed by atoms with Crippen LogP contribution in [0.15, 0.2) is 90.0 Å². The molecule has 5 aromatic rings. The summed E-state index contributed by atoms with van der Waals surface area (Å²) in [5.41, 5.74) is 2.22. The van der Waals surface area contributed by atoms with Crippen molar-refractivity contribution < 1.29 is 13.2 Å². The van der Waals surface area contributed by atoms with Gasteiger partial charge in [0, 0.05) is 30.6 Å². The Kier molecular flexibility index (Phi) is 6.08. The number of thiazole rings is 1. The molecule has 2 aromatic heterocycles. The maximum atomic E-state index is 11.6. The van der Waals surface area contributed by atoms with Crippen LogP contribution in [-0.2, 0) is 10.0 Å². The number of hydrogen-bond acceptors (Lipinski definition) is 8. The highest BCUT2D eigenvalue weighted by Gasteiger charge is 2.16. The van der Waals surface area contributed by atoms with Gasteiger partial charge < -0.3 is 15.4 Å². The van der Waals surface area contributed by atoms with E-state index in [0.717, 1.165) is 27.2 Å². The number of nitrogens with zero attached hydrogens (tertiary/aromatic N) is 2. The molecule has 8 nitrogen and oxygen atoms in total. The third-order valence-corrected chi connectivity index (χ3v) is 7.07. The van der Waals surface area contributed by atoms with Gasteiger partial charge in [0.1, 0.15) is 17.3 Å². The van der Waals surface area contributed by atoms with Crippen LogP contribution in [0, 0.1) is 0 Å². The number of nitrogens with two attached hydrogens (primary N) is 1. The van der Waals surface area contributed by atoms with Gasteiger partial charge in [0.2, 0.25) is 15.1 Å². The van der Waals surface area contributed by atoms with E-state index >= 15 is 0 Å². The number of nitrogens with one attached hydrogen (secondary N) is 2. The minimum atomic E-state index is -3.81. The molecule has 4 N–H and O–H groups in total. The summed E-state index contributed by atoms with van der Waals surface area (Å²) in [5, 5.41) is 15.0. The summed E-state index contributed by atoms with van der Waals surface area (Å²) >= 11 is 1.40. The lowest BCUT2D eigenvalue weighted by molar-refractivity contribution is 0.496. The summed E-state index contributed by atoms with van der Waals surface area (Å²) in [7, 11) is -1.99. The van der Waals surface area contributed by atoms with E-state index in [1.807, 2.05) is 25.2 Å². The van der Waals surface area contributed by atoms with Gasteiger partial charge in [0.05, 0.1) is 4.90 Å². The van der Waals surface area contributed by atoms with E-state index in [-0.39, 0.29) is 4.90 Å². The lowest BCUT2D eigenvalue weighted by atomic mass is 10.1. The second-order valence-corrected chi connectivity index (χ2v) is 10.2. The van der Waals surface area contributed by atoms with Crippen LogP contribution in [0.25, 0.3) is 22.0 Å². The molecule has 0 amide bonds. The summed E-state index contributed by atoms with van der Waals surface area (Å²) in [6.45, 7) is 0. The zero-order chi connectivity index (χ0) is 24.4. The van der Waals surface area contributed by atoms with E-state index < -0.39 is 10.0 Å². The Morgan fingerprint density at radius 1 is 0.943 bits per heavy atom. The molecule has 0 spiro atoms. The second-order valence-electron chi connectivity index (χ2n) is 7.64. The zero-order valence-electron chi connectivity index (χ0n) is 18.6. The maximum absolute atomic E-state index is 11.6. The van der Waals surface area contributed by atoms with E-state index in [2.05, 4.69) is 39.9 Å². The first-order valence-corrected chi connectivity index (χ1v) is 13.0. The van der Waals surface area contributed by atoms with Crippen LogP contribution in [0.2, 0.25) is 0 Å². The molecule has 2 heterocycles. The van der Waals surface area contributed by atoms with Crippen LogP contribution >= 0.6 is 11.3 Å². The topological polar surface area (TPSA) is 119 Å². The molecule has 10 heteroatoms.